The van der Waals surface area contributed by atoms with Gasteiger partial charge in [-0.1, -0.05) is 61.5 Å². The Morgan fingerprint density at radius 3 is 2.25 bits per heavy atom. The number of nitrogens with one attached hydrogen (secondary N) is 1. The smallest absolute Gasteiger partial charge is 0.220 e. The van der Waals surface area contributed by atoms with Gasteiger partial charge in [0, 0.05) is 44.1 Å². The van der Waals surface area contributed by atoms with E-state index < -0.39 is 0 Å². The third kappa shape index (κ3) is 6.03. The zero-order valence-corrected chi connectivity index (χ0v) is 16.7. The quantitative estimate of drug-likeness (QED) is 0.707. The van der Waals surface area contributed by atoms with Gasteiger partial charge in [0.2, 0.25) is 5.91 Å². The van der Waals surface area contributed by atoms with E-state index >= 15 is 0 Å². The van der Waals surface area contributed by atoms with Crippen molar-refractivity contribution in [1.29, 1.82) is 0 Å². The van der Waals surface area contributed by atoms with Crippen molar-refractivity contribution in [1.82, 2.24) is 10.2 Å². The number of rotatable bonds is 8. The topological polar surface area (TPSA) is 49.4 Å². The molecule has 148 valence electrons. The first-order chi connectivity index (χ1) is 13.6. The van der Waals surface area contributed by atoms with Gasteiger partial charge in [-0.25, -0.2) is 0 Å². The lowest BCUT2D eigenvalue weighted by Gasteiger charge is -2.32. The predicted molar refractivity (Wildman–Crippen MR) is 112 cm³/mol. The fraction of sp³-hybridized carbons (Fsp3) is 0.417. The molecule has 1 N–H and O–H groups in total. The van der Waals surface area contributed by atoms with Crippen LogP contribution in [0.3, 0.4) is 0 Å². The van der Waals surface area contributed by atoms with Crippen LogP contribution in [0.25, 0.3) is 0 Å². The summed E-state index contributed by atoms with van der Waals surface area (Å²) in [7, 11) is 0. The molecular weight excluding hydrogens is 348 g/mol. The van der Waals surface area contributed by atoms with E-state index in [9.17, 15) is 9.59 Å². The van der Waals surface area contributed by atoms with Gasteiger partial charge in [0.15, 0.2) is 5.78 Å². The Kier molecular flexibility index (Phi) is 7.38. The fourth-order valence-electron chi connectivity index (χ4n) is 3.67. The molecule has 0 atom stereocenters. The van der Waals surface area contributed by atoms with Crippen LogP contribution in [-0.2, 0) is 17.8 Å². The average Bonchev–Trinajstić information content (AvgIpc) is 2.74. The molecule has 4 nitrogen and oxygen atoms in total. The molecule has 2 aromatic rings. The Morgan fingerprint density at radius 2 is 1.61 bits per heavy atom. The molecule has 4 heteroatoms. The second kappa shape index (κ2) is 10.2. The van der Waals surface area contributed by atoms with Crippen LogP contribution in [0.1, 0.15) is 54.1 Å². The Morgan fingerprint density at radius 1 is 0.929 bits per heavy atom. The normalized spacial score (nSPS) is 15.3. The number of Topliss-reactive ketones (excluding diaryl/α,β-unsaturated/α-hetero) is 1. The van der Waals surface area contributed by atoms with Crippen molar-refractivity contribution < 1.29 is 9.59 Å². The molecule has 0 radical (unpaired) electrons. The number of ketones is 1. The van der Waals surface area contributed by atoms with Gasteiger partial charge in [-0.05, 0) is 30.4 Å². The summed E-state index contributed by atoms with van der Waals surface area (Å²) in [6.45, 7) is 5.03. The van der Waals surface area contributed by atoms with E-state index in [-0.39, 0.29) is 30.6 Å². The summed E-state index contributed by atoms with van der Waals surface area (Å²) in [6.07, 6.45) is 3.42. The van der Waals surface area contributed by atoms with Crippen molar-refractivity contribution in [2.45, 2.75) is 51.6 Å². The molecule has 0 bridgehead atoms. The lowest BCUT2D eigenvalue weighted by Crippen LogP contribution is -2.44. The van der Waals surface area contributed by atoms with E-state index in [0.717, 1.165) is 38.9 Å². The third-order valence-corrected chi connectivity index (χ3v) is 5.46. The Labute approximate surface area is 167 Å². The Hall–Kier alpha value is -2.46. The predicted octanol–water partition coefficient (Wildman–Crippen LogP) is 3.99. The molecular formula is C24H30N2O2. The number of hydrogen-bond donors (Lipinski definition) is 1. The molecule has 1 fully saturated rings. The van der Waals surface area contributed by atoms with Gasteiger partial charge in [0.25, 0.3) is 0 Å². The summed E-state index contributed by atoms with van der Waals surface area (Å²) in [6, 6.07) is 18.4. The van der Waals surface area contributed by atoms with Gasteiger partial charge >= 0.3 is 0 Å². The maximum Gasteiger partial charge on any atom is 0.220 e. The zero-order chi connectivity index (χ0) is 19.8. The third-order valence-electron chi connectivity index (χ3n) is 5.46. The van der Waals surface area contributed by atoms with Crippen LogP contribution < -0.4 is 5.32 Å². The van der Waals surface area contributed by atoms with Crippen molar-refractivity contribution in [3.05, 3.63) is 71.3 Å². The molecule has 2 aromatic carbocycles. The molecule has 1 amide bonds. The molecule has 1 aliphatic heterocycles. The molecule has 0 spiro atoms. The molecule has 3 rings (SSSR count). The highest BCUT2D eigenvalue weighted by molar-refractivity contribution is 5.98. The summed E-state index contributed by atoms with van der Waals surface area (Å²) in [4.78, 5) is 26.9. The molecule has 0 saturated carbocycles. The molecule has 0 unspecified atom stereocenters. The Balaban J connectivity index is 1.36. The van der Waals surface area contributed by atoms with Crippen LogP contribution in [0.15, 0.2) is 54.6 Å². The van der Waals surface area contributed by atoms with E-state index in [1.165, 1.54) is 11.1 Å². The highest BCUT2D eigenvalue weighted by Gasteiger charge is 2.21. The first-order valence-corrected chi connectivity index (χ1v) is 10.3. The molecule has 1 aliphatic rings. The maximum atomic E-state index is 12.3. The fourth-order valence-corrected chi connectivity index (χ4v) is 3.67. The van der Waals surface area contributed by atoms with Crippen molar-refractivity contribution in [3.8, 4) is 0 Å². The van der Waals surface area contributed by atoms with E-state index in [0.29, 0.717) is 5.56 Å². The van der Waals surface area contributed by atoms with Gasteiger partial charge < -0.3 is 5.32 Å². The number of carbonyl (C=O) groups excluding carboxylic acids is 2. The summed E-state index contributed by atoms with van der Waals surface area (Å²) in [5, 5.41) is 3.11. The van der Waals surface area contributed by atoms with Gasteiger partial charge in [-0.2, -0.15) is 0 Å². The standard InChI is InChI=1S/C24H30N2O2/c1-2-19-8-10-21(11-9-19)23(27)12-13-24(28)25-22-14-16-26(17-15-22)18-20-6-4-3-5-7-20/h3-11,22H,2,12-18H2,1H3,(H,25,28). The van der Waals surface area contributed by atoms with Crippen molar-refractivity contribution in [3.63, 3.8) is 0 Å². The lowest BCUT2D eigenvalue weighted by molar-refractivity contribution is -0.122. The van der Waals surface area contributed by atoms with Crippen LogP contribution in [0, 0.1) is 0 Å². The minimum absolute atomic E-state index is 0.0139. The average molecular weight is 379 g/mol. The molecule has 1 heterocycles. The number of amides is 1. The first kappa shape index (κ1) is 20.3. The van der Waals surface area contributed by atoms with Gasteiger partial charge in [-0.3, -0.25) is 14.5 Å². The van der Waals surface area contributed by atoms with Crippen LogP contribution >= 0.6 is 0 Å². The second-order valence-corrected chi connectivity index (χ2v) is 7.58. The van der Waals surface area contributed by atoms with Crippen molar-refractivity contribution >= 4 is 11.7 Å². The van der Waals surface area contributed by atoms with E-state index in [1.54, 1.807) is 0 Å². The lowest BCUT2D eigenvalue weighted by atomic mass is 10.0. The highest BCUT2D eigenvalue weighted by atomic mass is 16.2. The Bertz CT molecular complexity index is 763. The number of nitrogens with zero attached hydrogens (tertiary/aromatic N) is 1. The number of carbonyl (C=O) groups is 2. The molecule has 28 heavy (non-hydrogen) atoms. The molecule has 0 aromatic heterocycles. The van der Waals surface area contributed by atoms with Gasteiger partial charge in [-0.15, -0.1) is 0 Å². The minimum atomic E-state index is -0.0139. The SMILES string of the molecule is CCc1ccc(C(=O)CCC(=O)NC2CCN(Cc3ccccc3)CC2)cc1. The summed E-state index contributed by atoms with van der Waals surface area (Å²) < 4.78 is 0. The van der Waals surface area contributed by atoms with Gasteiger partial charge in [0.05, 0.1) is 0 Å². The molecule has 1 saturated heterocycles. The number of likely N-dealkylation sites (tertiary alicyclic amines) is 1. The number of benzene rings is 2. The monoisotopic (exact) mass is 378 g/mol. The highest BCUT2D eigenvalue weighted by Crippen LogP contribution is 2.14. The van der Waals surface area contributed by atoms with E-state index in [1.807, 2.05) is 30.3 Å². The van der Waals surface area contributed by atoms with Crippen LogP contribution in [0.2, 0.25) is 0 Å². The number of aryl methyl sites for hydroxylation is 1. The maximum absolute atomic E-state index is 12.3. The zero-order valence-electron chi connectivity index (χ0n) is 16.7. The largest absolute Gasteiger partial charge is 0.353 e. The summed E-state index contributed by atoms with van der Waals surface area (Å²) in [5.41, 5.74) is 3.24. The van der Waals surface area contributed by atoms with Crippen molar-refractivity contribution in [2.75, 3.05) is 13.1 Å². The summed E-state index contributed by atoms with van der Waals surface area (Å²) in [5.74, 6) is 0.0236. The summed E-state index contributed by atoms with van der Waals surface area (Å²) >= 11 is 0. The second-order valence-electron chi connectivity index (χ2n) is 7.58. The van der Waals surface area contributed by atoms with E-state index in [2.05, 4.69) is 41.4 Å². The number of hydrogen-bond acceptors (Lipinski definition) is 3. The van der Waals surface area contributed by atoms with Crippen LogP contribution in [0.5, 0.6) is 0 Å². The first-order valence-electron chi connectivity index (χ1n) is 10.3. The van der Waals surface area contributed by atoms with Crippen molar-refractivity contribution in [2.24, 2.45) is 0 Å². The molecule has 0 aliphatic carbocycles. The van der Waals surface area contributed by atoms with Crippen LogP contribution in [0.4, 0.5) is 0 Å². The van der Waals surface area contributed by atoms with Crippen LogP contribution in [-0.4, -0.2) is 35.7 Å². The van der Waals surface area contributed by atoms with Gasteiger partial charge in [0.1, 0.15) is 0 Å². The minimum Gasteiger partial charge on any atom is -0.353 e. The van der Waals surface area contributed by atoms with E-state index in [4.69, 9.17) is 0 Å². The number of piperidine rings is 1.